The van der Waals surface area contributed by atoms with Crippen LogP contribution in [-0.4, -0.2) is 24.9 Å². The summed E-state index contributed by atoms with van der Waals surface area (Å²) in [7, 11) is 0. The number of alkyl halides is 1. The second-order valence-electron chi connectivity index (χ2n) is 4.01. The van der Waals surface area contributed by atoms with E-state index in [1.165, 1.54) is 5.56 Å². The van der Waals surface area contributed by atoms with Gasteiger partial charge in [0, 0.05) is 4.90 Å². The van der Waals surface area contributed by atoms with Crippen molar-refractivity contribution in [2.24, 2.45) is 0 Å². The number of benzene rings is 1. The number of nitrogens with one attached hydrogen (secondary N) is 1. The minimum atomic E-state index is -0.0606. The molecule has 1 amide bonds. The molecule has 1 saturated heterocycles. The Bertz CT molecular complexity index is 459. The summed E-state index contributed by atoms with van der Waals surface area (Å²) in [6.45, 7) is 1.37. The van der Waals surface area contributed by atoms with E-state index >= 15 is 0 Å². The predicted molar refractivity (Wildman–Crippen MR) is 67.2 cm³/mol. The summed E-state index contributed by atoms with van der Waals surface area (Å²) in [5, 5.41) is 2.90. The van der Waals surface area contributed by atoms with Gasteiger partial charge in [-0.05, 0) is 17.7 Å². The lowest BCUT2D eigenvalue weighted by Gasteiger charge is -2.37. The Kier molecular flexibility index (Phi) is 2.49. The first-order valence-corrected chi connectivity index (χ1v) is 6.79. The molecule has 2 heterocycles. The summed E-state index contributed by atoms with van der Waals surface area (Å²) < 4.78 is 5.16. The van der Waals surface area contributed by atoms with E-state index in [0.29, 0.717) is 19.0 Å². The van der Waals surface area contributed by atoms with Crippen LogP contribution >= 0.6 is 27.7 Å². The number of halogens is 1. The molecule has 0 bridgehead atoms. The Morgan fingerprint density at radius 1 is 1.44 bits per heavy atom. The number of thioether (sulfide) groups is 1. The first kappa shape index (κ1) is 10.6. The zero-order valence-corrected chi connectivity index (χ0v) is 10.9. The van der Waals surface area contributed by atoms with Crippen molar-refractivity contribution in [2.75, 3.05) is 24.3 Å². The Morgan fingerprint density at radius 3 is 2.94 bits per heavy atom. The predicted octanol–water partition coefficient (Wildman–Crippen LogP) is 2.35. The number of amides is 1. The molecule has 1 aromatic carbocycles. The highest BCUT2D eigenvalue weighted by Crippen LogP contribution is 2.42. The molecule has 3 nitrogen and oxygen atoms in total. The maximum absolute atomic E-state index is 11.3. The van der Waals surface area contributed by atoms with Gasteiger partial charge in [0.15, 0.2) is 0 Å². The number of ether oxygens (including phenoxy) is 1. The molecule has 1 fully saturated rings. The van der Waals surface area contributed by atoms with Crippen molar-refractivity contribution in [3.05, 3.63) is 23.8 Å². The van der Waals surface area contributed by atoms with Crippen LogP contribution in [0.4, 0.5) is 5.69 Å². The average molecular weight is 300 g/mol. The Morgan fingerprint density at radius 2 is 2.25 bits per heavy atom. The summed E-state index contributed by atoms with van der Waals surface area (Å²) in [5.74, 6) is 0.581. The molecule has 5 heteroatoms. The monoisotopic (exact) mass is 299 g/mol. The quantitative estimate of drug-likeness (QED) is 0.809. The minimum Gasteiger partial charge on any atom is -0.378 e. The molecule has 0 saturated carbocycles. The van der Waals surface area contributed by atoms with Gasteiger partial charge in [0.25, 0.3) is 0 Å². The number of fused-ring (bicyclic) bond motifs is 1. The number of carbonyl (C=O) groups excluding carboxylic acids is 1. The maximum atomic E-state index is 11.3. The molecule has 0 radical (unpaired) electrons. The standard InChI is InChI=1S/C11H10BrNO2S/c12-11(5-15-6-11)7-1-2-9-8(3-7)13-10(14)4-16-9/h1-3H,4-6H2,(H,13,14). The Balaban J connectivity index is 1.98. The van der Waals surface area contributed by atoms with E-state index in [4.69, 9.17) is 4.74 Å². The van der Waals surface area contributed by atoms with Crippen molar-refractivity contribution in [3.8, 4) is 0 Å². The highest BCUT2D eigenvalue weighted by atomic mass is 79.9. The van der Waals surface area contributed by atoms with Crippen LogP contribution in [0.25, 0.3) is 0 Å². The van der Waals surface area contributed by atoms with Crippen LogP contribution in [0.3, 0.4) is 0 Å². The minimum absolute atomic E-state index is 0.0606. The van der Waals surface area contributed by atoms with E-state index in [1.807, 2.05) is 6.07 Å². The lowest BCUT2D eigenvalue weighted by molar-refractivity contribution is -0.113. The Labute approximate surface area is 106 Å². The molecule has 1 N–H and O–H groups in total. The third-order valence-electron chi connectivity index (χ3n) is 2.79. The van der Waals surface area contributed by atoms with E-state index < -0.39 is 0 Å². The van der Waals surface area contributed by atoms with Gasteiger partial charge in [-0.15, -0.1) is 11.8 Å². The van der Waals surface area contributed by atoms with Crippen molar-refractivity contribution in [3.63, 3.8) is 0 Å². The fourth-order valence-electron chi connectivity index (χ4n) is 1.81. The molecule has 2 aliphatic heterocycles. The van der Waals surface area contributed by atoms with Gasteiger partial charge < -0.3 is 10.1 Å². The molecule has 2 aliphatic rings. The van der Waals surface area contributed by atoms with Crippen LogP contribution in [0.15, 0.2) is 23.1 Å². The summed E-state index contributed by atoms with van der Waals surface area (Å²) in [6.07, 6.45) is 0. The molecule has 0 spiro atoms. The second kappa shape index (κ2) is 3.75. The first-order chi connectivity index (χ1) is 7.67. The summed E-state index contributed by atoms with van der Waals surface area (Å²) in [6, 6.07) is 6.20. The van der Waals surface area contributed by atoms with Gasteiger partial charge in [0.1, 0.15) is 0 Å². The van der Waals surface area contributed by atoms with Crippen LogP contribution in [0, 0.1) is 0 Å². The molecular formula is C11H10BrNO2S. The van der Waals surface area contributed by atoms with E-state index in [-0.39, 0.29) is 10.2 Å². The van der Waals surface area contributed by atoms with Crippen LogP contribution < -0.4 is 5.32 Å². The van der Waals surface area contributed by atoms with Gasteiger partial charge >= 0.3 is 0 Å². The topological polar surface area (TPSA) is 38.3 Å². The highest BCUT2D eigenvalue weighted by molar-refractivity contribution is 9.09. The zero-order chi connectivity index (χ0) is 11.2. The SMILES string of the molecule is O=C1CSc2ccc(C3(Br)COC3)cc2N1. The number of carbonyl (C=O) groups is 1. The van der Waals surface area contributed by atoms with Crippen molar-refractivity contribution < 1.29 is 9.53 Å². The van der Waals surface area contributed by atoms with Gasteiger partial charge in [-0.2, -0.15) is 0 Å². The number of hydrogen-bond donors (Lipinski definition) is 1. The van der Waals surface area contributed by atoms with Gasteiger partial charge in [-0.1, -0.05) is 22.0 Å². The molecule has 3 rings (SSSR count). The van der Waals surface area contributed by atoms with Gasteiger partial charge in [-0.25, -0.2) is 0 Å². The largest absolute Gasteiger partial charge is 0.378 e. The molecule has 16 heavy (non-hydrogen) atoms. The van der Waals surface area contributed by atoms with Crippen LogP contribution in [-0.2, 0) is 13.9 Å². The van der Waals surface area contributed by atoms with E-state index in [0.717, 1.165) is 10.6 Å². The first-order valence-electron chi connectivity index (χ1n) is 5.01. The maximum Gasteiger partial charge on any atom is 0.234 e. The molecule has 0 aliphatic carbocycles. The fraction of sp³-hybridized carbons (Fsp3) is 0.364. The third-order valence-corrected chi connectivity index (χ3v) is 4.78. The molecule has 0 atom stereocenters. The molecule has 0 aromatic heterocycles. The fourth-order valence-corrected chi connectivity index (χ4v) is 3.17. The number of anilines is 1. The van der Waals surface area contributed by atoms with E-state index in [9.17, 15) is 4.79 Å². The zero-order valence-electron chi connectivity index (χ0n) is 8.46. The van der Waals surface area contributed by atoms with Crippen molar-refractivity contribution in [1.29, 1.82) is 0 Å². The molecule has 0 unspecified atom stereocenters. The van der Waals surface area contributed by atoms with Crippen LogP contribution in [0.2, 0.25) is 0 Å². The van der Waals surface area contributed by atoms with Gasteiger partial charge in [0.05, 0.1) is 29.0 Å². The van der Waals surface area contributed by atoms with Crippen LogP contribution in [0.1, 0.15) is 5.56 Å². The third kappa shape index (κ3) is 1.67. The van der Waals surface area contributed by atoms with Gasteiger partial charge in [-0.3, -0.25) is 4.79 Å². The smallest absolute Gasteiger partial charge is 0.234 e. The average Bonchev–Trinajstić information content (AvgIpc) is 2.25. The van der Waals surface area contributed by atoms with Crippen LogP contribution in [0.5, 0.6) is 0 Å². The number of rotatable bonds is 1. The van der Waals surface area contributed by atoms with Crippen molar-refractivity contribution in [1.82, 2.24) is 0 Å². The van der Waals surface area contributed by atoms with E-state index in [1.54, 1.807) is 11.8 Å². The normalized spacial score (nSPS) is 21.9. The number of hydrogen-bond acceptors (Lipinski definition) is 3. The molecule has 1 aromatic rings. The second-order valence-corrected chi connectivity index (χ2v) is 6.54. The van der Waals surface area contributed by atoms with Crippen molar-refractivity contribution in [2.45, 2.75) is 9.22 Å². The summed E-state index contributed by atoms with van der Waals surface area (Å²) in [5.41, 5.74) is 2.09. The molecule has 84 valence electrons. The van der Waals surface area contributed by atoms with E-state index in [2.05, 4.69) is 33.4 Å². The lowest BCUT2D eigenvalue weighted by atomic mass is 9.97. The molecular weight excluding hydrogens is 290 g/mol. The lowest BCUT2D eigenvalue weighted by Crippen LogP contribution is -2.41. The van der Waals surface area contributed by atoms with Gasteiger partial charge in [0.2, 0.25) is 5.91 Å². The Hall–Kier alpha value is -0.520. The summed E-state index contributed by atoms with van der Waals surface area (Å²) >= 11 is 5.26. The van der Waals surface area contributed by atoms with Crippen molar-refractivity contribution >= 4 is 39.3 Å². The summed E-state index contributed by atoms with van der Waals surface area (Å²) in [4.78, 5) is 12.4. The highest BCUT2D eigenvalue weighted by Gasteiger charge is 2.38.